The Kier molecular flexibility index (Phi) is 7.76. The molecule has 2 atom stereocenters. The molecule has 28 heavy (non-hydrogen) atoms. The van der Waals surface area contributed by atoms with Crippen molar-refractivity contribution < 1.29 is 9.59 Å². The first-order chi connectivity index (χ1) is 13.6. The number of hydrogen-bond donors (Lipinski definition) is 0. The van der Waals surface area contributed by atoms with Gasteiger partial charge in [-0.05, 0) is 36.8 Å². The van der Waals surface area contributed by atoms with Crippen molar-refractivity contribution in [3.63, 3.8) is 0 Å². The first-order valence-electron chi connectivity index (χ1n) is 11.0. The van der Waals surface area contributed by atoms with Crippen molar-refractivity contribution in [2.75, 3.05) is 0 Å². The average molecular weight is 380 g/mol. The number of carbonyl (C=O) groups is 2. The molecule has 0 amide bonds. The highest BCUT2D eigenvalue weighted by atomic mass is 16.1. The van der Waals surface area contributed by atoms with Crippen molar-refractivity contribution in [3.8, 4) is 0 Å². The van der Waals surface area contributed by atoms with Crippen molar-refractivity contribution in [2.45, 2.75) is 77.6 Å². The summed E-state index contributed by atoms with van der Waals surface area (Å²) in [6.45, 7) is 2.39. The highest BCUT2D eigenvalue weighted by Gasteiger charge is 2.20. The van der Waals surface area contributed by atoms with E-state index < -0.39 is 0 Å². The molecule has 0 N–H and O–H groups in total. The van der Waals surface area contributed by atoms with Gasteiger partial charge in [-0.15, -0.1) is 0 Å². The Labute approximate surface area is 168 Å². The van der Waals surface area contributed by atoms with E-state index in [4.69, 9.17) is 0 Å². The second kappa shape index (κ2) is 10.5. The second-order valence-corrected chi connectivity index (χ2v) is 8.46. The number of hydrogen-bond acceptors (Lipinski definition) is 3. The molecule has 1 saturated carbocycles. The quantitative estimate of drug-likeness (QED) is 0.347. The van der Waals surface area contributed by atoms with E-state index in [-0.39, 0.29) is 5.78 Å². The van der Waals surface area contributed by atoms with Crippen LogP contribution in [0.4, 0.5) is 0 Å². The maximum atomic E-state index is 12.6. The number of Topliss-reactive ketones (excluding diaryl/α,β-unsaturated/α-hetero) is 2. The maximum Gasteiger partial charge on any atom is 0.163 e. The van der Waals surface area contributed by atoms with Crippen LogP contribution >= 0.6 is 0 Å². The summed E-state index contributed by atoms with van der Waals surface area (Å²) < 4.78 is 0. The summed E-state index contributed by atoms with van der Waals surface area (Å²) in [5.74, 6) is 2.15. The minimum absolute atomic E-state index is 0.109. The van der Waals surface area contributed by atoms with Crippen molar-refractivity contribution in [1.82, 2.24) is 4.98 Å². The summed E-state index contributed by atoms with van der Waals surface area (Å²) in [5.41, 5.74) is 1.57. The third kappa shape index (κ3) is 5.73. The van der Waals surface area contributed by atoms with E-state index in [1.165, 1.54) is 38.5 Å². The molecule has 150 valence electrons. The van der Waals surface area contributed by atoms with Crippen molar-refractivity contribution in [3.05, 3.63) is 42.1 Å². The Balaban J connectivity index is 1.35. The lowest BCUT2D eigenvalue weighted by Crippen LogP contribution is -2.16. The minimum Gasteiger partial charge on any atom is -0.300 e. The summed E-state index contributed by atoms with van der Waals surface area (Å²) in [7, 11) is 0. The van der Waals surface area contributed by atoms with Crippen LogP contribution in [-0.4, -0.2) is 16.6 Å². The zero-order valence-corrected chi connectivity index (χ0v) is 17.2. The van der Waals surface area contributed by atoms with Crippen LogP contribution in [0.3, 0.4) is 0 Å². The molecule has 1 aromatic carbocycles. The van der Waals surface area contributed by atoms with Gasteiger partial charge in [-0.25, -0.2) is 0 Å². The largest absolute Gasteiger partial charge is 0.300 e. The fourth-order valence-electron chi connectivity index (χ4n) is 4.60. The highest BCUT2D eigenvalue weighted by molar-refractivity contribution is 6.07. The Morgan fingerprint density at radius 1 is 0.964 bits per heavy atom. The molecular formula is C25H33NO2. The summed E-state index contributed by atoms with van der Waals surface area (Å²) in [5, 5.41) is 0.901. The smallest absolute Gasteiger partial charge is 0.163 e. The molecule has 3 nitrogen and oxygen atoms in total. The Morgan fingerprint density at radius 3 is 2.61 bits per heavy atom. The lowest BCUT2D eigenvalue weighted by molar-refractivity contribution is -0.119. The van der Waals surface area contributed by atoms with Gasteiger partial charge in [-0.3, -0.25) is 14.6 Å². The molecule has 1 heterocycles. The molecular weight excluding hydrogens is 346 g/mol. The molecule has 0 bridgehead atoms. The molecule has 0 spiro atoms. The Hall–Kier alpha value is -2.03. The van der Waals surface area contributed by atoms with Gasteiger partial charge in [-0.2, -0.15) is 0 Å². The fraction of sp³-hybridized carbons (Fsp3) is 0.560. The molecule has 0 saturated heterocycles. The van der Waals surface area contributed by atoms with Gasteiger partial charge in [-0.1, -0.05) is 63.6 Å². The first kappa shape index (κ1) is 20.7. The normalized spacial score (nSPS) is 19.6. The predicted octanol–water partition coefficient (Wildman–Crippen LogP) is 6.54. The van der Waals surface area contributed by atoms with Crippen LogP contribution in [0.15, 0.2) is 36.5 Å². The van der Waals surface area contributed by atoms with Crippen LogP contribution in [0.25, 0.3) is 10.9 Å². The minimum atomic E-state index is 0.109. The molecule has 0 aliphatic heterocycles. The van der Waals surface area contributed by atoms with Gasteiger partial charge in [0.1, 0.15) is 5.78 Å². The van der Waals surface area contributed by atoms with E-state index in [1.54, 1.807) is 12.3 Å². The van der Waals surface area contributed by atoms with E-state index >= 15 is 0 Å². The lowest BCUT2D eigenvalue weighted by Gasteiger charge is -2.28. The second-order valence-electron chi connectivity index (χ2n) is 8.46. The predicted molar refractivity (Wildman–Crippen MR) is 115 cm³/mol. The Morgan fingerprint density at radius 2 is 1.75 bits per heavy atom. The monoisotopic (exact) mass is 379 g/mol. The summed E-state index contributed by atoms with van der Waals surface area (Å²) in [4.78, 5) is 29.0. The van der Waals surface area contributed by atoms with Gasteiger partial charge in [0, 0.05) is 36.4 Å². The standard InChI is InChI=1S/C25H33NO2/c1-19-9-2-3-10-20(19)11-4-5-12-21(27)13-8-16-25(28)23-17-18-26-24-15-7-6-14-22(23)24/h6-7,14-15,17-20H,2-5,8-13,16H2,1H3. The molecule has 2 unspecified atom stereocenters. The van der Waals surface area contributed by atoms with Gasteiger partial charge in [0.2, 0.25) is 0 Å². The van der Waals surface area contributed by atoms with Gasteiger partial charge < -0.3 is 0 Å². The molecule has 0 radical (unpaired) electrons. The number of unbranched alkanes of at least 4 members (excludes halogenated alkanes) is 1. The van der Waals surface area contributed by atoms with Gasteiger partial charge in [0.15, 0.2) is 5.78 Å². The summed E-state index contributed by atoms with van der Waals surface area (Å²) in [6.07, 6.45) is 12.9. The third-order valence-corrected chi connectivity index (χ3v) is 6.38. The van der Waals surface area contributed by atoms with Crippen LogP contribution in [-0.2, 0) is 4.79 Å². The van der Waals surface area contributed by atoms with E-state index in [0.29, 0.717) is 31.5 Å². The summed E-state index contributed by atoms with van der Waals surface area (Å²) >= 11 is 0. The molecule has 1 aliphatic carbocycles. The van der Waals surface area contributed by atoms with E-state index in [0.717, 1.165) is 34.7 Å². The number of carbonyl (C=O) groups excluding carboxylic acids is 2. The van der Waals surface area contributed by atoms with Crippen molar-refractivity contribution in [1.29, 1.82) is 0 Å². The van der Waals surface area contributed by atoms with E-state index in [1.807, 2.05) is 24.3 Å². The topological polar surface area (TPSA) is 47.0 Å². The lowest BCUT2D eigenvalue weighted by atomic mass is 9.78. The van der Waals surface area contributed by atoms with Crippen molar-refractivity contribution >= 4 is 22.5 Å². The van der Waals surface area contributed by atoms with E-state index in [2.05, 4.69) is 11.9 Å². The maximum absolute atomic E-state index is 12.6. The van der Waals surface area contributed by atoms with Crippen LogP contribution < -0.4 is 0 Å². The number of pyridine rings is 1. The number of ketones is 2. The fourth-order valence-corrected chi connectivity index (χ4v) is 4.60. The SMILES string of the molecule is CC1CCCCC1CCCCC(=O)CCCC(=O)c1ccnc2ccccc12. The van der Waals surface area contributed by atoms with Gasteiger partial charge in [0.05, 0.1) is 5.52 Å². The number of aromatic nitrogens is 1. The van der Waals surface area contributed by atoms with Crippen LogP contribution in [0.2, 0.25) is 0 Å². The molecule has 3 heteroatoms. The zero-order valence-electron chi connectivity index (χ0n) is 17.2. The number of benzene rings is 1. The number of rotatable bonds is 10. The van der Waals surface area contributed by atoms with Gasteiger partial charge >= 0.3 is 0 Å². The molecule has 1 fully saturated rings. The Bertz CT molecular complexity index is 793. The van der Waals surface area contributed by atoms with Crippen LogP contribution in [0, 0.1) is 11.8 Å². The molecule has 2 aromatic rings. The number of para-hydroxylation sites is 1. The molecule has 1 aliphatic rings. The average Bonchev–Trinajstić information content (AvgIpc) is 2.72. The van der Waals surface area contributed by atoms with Gasteiger partial charge in [0.25, 0.3) is 0 Å². The highest BCUT2D eigenvalue weighted by Crippen LogP contribution is 2.33. The third-order valence-electron chi connectivity index (χ3n) is 6.38. The van der Waals surface area contributed by atoms with E-state index in [9.17, 15) is 9.59 Å². The zero-order chi connectivity index (χ0) is 19.8. The van der Waals surface area contributed by atoms with Crippen LogP contribution in [0.5, 0.6) is 0 Å². The first-order valence-corrected chi connectivity index (χ1v) is 11.0. The van der Waals surface area contributed by atoms with Crippen molar-refractivity contribution in [2.24, 2.45) is 11.8 Å². The summed E-state index contributed by atoms with van der Waals surface area (Å²) in [6, 6.07) is 9.51. The number of fused-ring (bicyclic) bond motifs is 1. The number of nitrogens with zero attached hydrogens (tertiary/aromatic N) is 1. The van der Waals surface area contributed by atoms with Crippen LogP contribution in [0.1, 0.15) is 87.9 Å². The molecule has 1 aromatic heterocycles. The molecule has 3 rings (SSSR count).